The van der Waals surface area contributed by atoms with Crippen LogP contribution < -0.4 is 0 Å². The molecule has 0 spiro atoms. The molecular formula is C18H18O2. The van der Waals surface area contributed by atoms with E-state index in [2.05, 4.69) is 6.92 Å². The van der Waals surface area contributed by atoms with Crippen LogP contribution in [0.15, 0.2) is 42.5 Å². The van der Waals surface area contributed by atoms with Gasteiger partial charge in [-0.15, -0.1) is 0 Å². The molecule has 0 aliphatic heterocycles. The third-order valence-corrected chi connectivity index (χ3v) is 3.83. The largest absolute Gasteiger partial charge is 0.507 e. The summed E-state index contributed by atoms with van der Waals surface area (Å²) in [6, 6.07) is 13.6. The molecule has 0 saturated heterocycles. The molecule has 0 aliphatic carbocycles. The number of benzene rings is 3. The van der Waals surface area contributed by atoms with Crippen LogP contribution in [0.25, 0.3) is 21.5 Å². The number of aromatic hydroxyl groups is 2. The first kappa shape index (κ1) is 12.8. The average molecular weight is 266 g/mol. The molecule has 0 atom stereocenters. The van der Waals surface area contributed by atoms with Crippen LogP contribution >= 0.6 is 0 Å². The summed E-state index contributed by atoms with van der Waals surface area (Å²) in [4.78, 5) is 0. The number of rotatable bonds is 3. The summed E-state index contributed by atoms with van der Waals surface area (Å²) in [6.45, 7) is 2.12. The van der Waals surface area contributed by atoms with Gasteiger partial charge in [0.25, 0.3) is 0 Å². The Morgan fingerprint density at radius 1 is 0.900 bits per heavy atom. The van der Waals surface area contributed by atoms with Crippen LogP contribution in [-0.4, -0.2) is 10.2 Å². The zero-order valence-electron chi connectivity index (χ0n) is 11.6. The van der Waals surface area contributed by atoms with Crippen LogP contribution in [0.1, 0.15) is 25.3 Å². The Morgan fingerprint density at radius 2 is 1.55 bits per heavy atom. The van der Waals surface area contributed by atoms with E-state index >= 15 is 0 Å². The third kappa shape index (κ3) is 2.07. The van der Waals surface area contributed by atoms with Crippen molar-refractivity contribution in [3.63, 3.8) is 0 Å². The molecule has 0 amide bonds. The van der Waals surface area contributed by atoms with Crippen molar-refractivity contribution in [1.29, 1.82) is 0 Å². The minimum Gasteiger partial charge on any atom is -0.507 e. The van der Waals surface area contributed by atoms with Crippen LogP contribution in [0.3, 0.4) is 0 Å². The first-order chi connectivity index (χ1) is 9.70. The fourth-order valence-corrected chi connectivity index (χ4v) is 2.69. The Hall–Kier alpha value is -2.22. The van der Waals surface area contributed by atoms with E-state index < -0.39 is 0 Å². The van der Waals surface area contributed by atoms with Gasteiger partial charge in [-0.25, -0.2) is 0 Å². The van der Waals surface area contributed by atoms with Crippen molar-refractivity contribution in [3.05, 3.63) is 48.0 Å². The summed E-state index contributed by atoms with van der Waals surface area (Å²) in [5.74, 6) is 0.548. The second-order valence-electron chi connectivity index (χ2n) is 5.25. The number of unbranched alkanes of at least 4 members (excludes halogenated alkanes) is 1. The number of phenolic OH excluding ortho intramolecular Hbond substituents is 2. The predicted octanol–water partition coefficient (Wildman–Crippen LogP) is 4.75. The van der Waals surface area contributed by atoms with Crippen molar-refractivity contribution in [3.8, 4) is 11.5 Å². The fraction of sp³-hybridized carbons (Fsp3) is 0.222. The Balaban J connectivity index is 2.28. The van der Waals surface area contributed by atoms with Crippen molar-refractivity contribution >= 4 is 21.5 Å². The molecule has 3 rings (SSSR count). The van der Waals surface area contributed by atoms with Gasteiger partial charge < -0.3 is 10.2 Å². The predicted molar refractivity (Wildman–Crippen MR) is 83.4 cm³/mol. The van der Waals surface area contributed by atoms with Crippen molar-refractivity contribution in [1.82, 2.24) is 0 Å². The highest BCUT2D eigenvalue weighted by molar-refractivity contribution is 6.03. The quantitative estimate of drug-likeness (QED) is 0.530. The molecule has 0 aromatic heterocycles. The highest BCUT2D eigenvalue weighted by Gasteiger charge is 2.11. The monoisotopic (exact) mass is 266 g/mol. The van der Waals surface area contributed by atoms with Crippen molar-refractivity contribution in [2.75, 3.05) is 0 Å². The van der Waals surface area contributed by atoms with Gasteiger partial charge in [0.1, 0.15) is 11.5 Å². The fourth-order valence-electron chi connectivity index (χ4n) is 2.69. The maximum atomic E-state index is 10.4. The van der Waals surface area contributed by atoms with Gasteiger partial charge in [-0.05, 0) is 47.4 Å². The van der Waals surface area contributed by atoms with E-state index in [1.807, 2.05) is 36.4 Å². The van der Waals surface area contributed by atoms with Crippen LogP contribution in [-0.2, 0) is 6.42 Å². The van der Waals surface area contributed by atoms with Crippen LogP contribution in [0, 0.1) is 0 Å². The third-order valence-electron chi connectivity index (χ3n) is 3.83. The van der Waals surface area contributed by atoms with Gasteiger partial charge in [-0.3, -0.25) is 0 Å². The molecule has 0 saturated carbocycles. The van der Waals surface area contributed by atoms with Crippen LogP contribution in [0.4, 0.5) is 0 Å². The molecule has 0 aliphatic rings. The lowest BCUT2D eigenvalue weighted by Gasteiger charge is -2.11. The van der Waals surface area contributed by atoms with Crippen molar-refractivity contribution in [2.45, 2.75) is 26.2 Å². The van der Waals surface area contributed by atoms with E-state index in [4.69, 9.17) is 0 Å². The molecule has 20 heavy (non-hydrogen) atoms. The van der Waals surface area contributed by atoms with E-state index in [1.54, 1.807) is 6.07 Å². The Labute approximate surface area is 118 Å². The SMILES string of the molecule is CCCCc1cc(O)c2cc3ccccc3cc2c1O. The van der Waals surface area contributed by atoms with E-state index in [0.717, 1.165) is 41.0 Å². The summed E-state index contributed by atoms with van der Waals surface area (Å²) in [7, 11) is 0. The second-order valence-corrected chi connectivity index (χ2v) is 5.25. The lowest BCUT2D eigenvalue weighted by molar-refractivity contribution is 0.462. The number of fused-ring (bicyclic) bond motifs is 2. The zero-order valence-corrected chi connectivity index (χ0v) is 11.6. The summed E-state index contributed by atoms with van der Waals surface area (Å²) in [6.07, 6.45) is 2.86. The molecule has 0 bridgehead atoms. The lowest BCUT2D eigenvalue weighted by Crippen LogP contribution is -1.88. The molecule has 0 fully saturated rings. The number of aryl methyl sites for hydroxylation is 1. The topological polar surface area (TPSA) is 40.5 Å². The van der Waals surface area contributed by atoms with Gasteiger partial charge in [-0.2, -0.15) is 0 Å². The van der Waals surface area contributed by atoms with Crippen molar-refractivity contribution < 1.29 is 10.2 Å². The number of hydrogen-bond acceptors (Lipinski definition) is 2. The zero-order chi connectivity index (χ0) is 14.1. The highest BCUT2D eigenvalue weighted by atomic mass is 16.3. The average Bonchev–Trinajstić information content (AvgIpc) is 2.48. The molecule has 2 nitrogen and oxygen atoms in total. The van der Waals surface area contributed by atoms with Gasteiger partial charge in [0, 0.05) is 10.8 Å². The summed E-state index contributed by atoms with van der Waals surface area (Å²) >= 11 is 0. The highest BCUT2D eigenvalue weighted by Crippen LogP contribution is 2.38. The Kier molecular flexibility index (Phi) is 3.23. The second kappa shape index (κ2) is 5.04. The molecule has 3 aromatic carbocycles. The van der Waals surface area contributed by atoms with Gasteiger partial charge in [-0.1, -0.05) is 37.6 Å². The smallest absolute Gasteiger partial charge is 0.126 e. The minimum absolute atomic E-state index is 0.245. The minimum atomic E-state index is 0.245. The standard InChI is InChI=1S/C18H18O2/c1-2-3-6-14-11-17(19)15-9-12-7-4-5-8-13(12)10-16(15)18(14)20/h4-5,7-11,19-20H,2-3,6H2,1H3. The maximum Gasteiger partial charge on any atom is 0.126 e. The van der Waals surface area contributed by atoms with Gasteiger partial charge in [0.05, 0.1) is 0 Å². The molecule has 0 heterocycles. The Bertz CT molecular complexity index is 775. The van der Waals surface area contributed by atoms with E-state index in [0.29, 0.717) is 11.1 Å². The molecule has 2 N–H and O–H groups in total. The summed E-state index contributed by atoms with van der Waals surface area (Å²) in [5.41, 5.74) is 0.826. The van der Waals surface area contributed by atoms with Gasteiger partial charge in [0.2, 0.25) is 0 Å². The van der Waals surface area contributed by atoms with Crippen LogP contribution in [0.5, 0.6) is 11.5 Å². The maximum absolute atomic E-state index is 10.4. The first-order valence-electron chi connectivity index (χ1n) is 7.07. The van der Waals surface area contributed by atoms with Crippen LogP contribution in [0.2, 0.25) is 0 Å². The number of phenols is 2. The molecular weight excluding hydrogens is 248 g/mol. The molecule has 102 valence electrons. The summed E-state index contributed by atoms with van der Waals surface area (Å²) < 4.78 is 0. The molecule has 3 aromatic rings. The van der Waals surface area contributed by atoms with Crippen molar-refractivity contribution in [2.24, 2.45) is 0 Å². The molecule has 0 radical (unpaired) electrons. The summed E-state index contributed by atoms with van der Waals surface area (Å²) in [5, 5.41) is 24.3. The van der Waals surface area contributed by atoms with E-state index in [-0.39, 0.29) is 5.75 Å². The Morgan fingerprint density at radius 3 is 2.20 bits per heavy atom. The molecule has 0 unspecified atom stereocenters. The van der Waals surface area contributed by atoms with E-state index in [9.17, 15) is 10.2 Å². The normalized spacial score (nSPS) is 11.2. The molecule has 2 heteroatoms. The van der Waals surface area contributed by atoms with Gasteiger partial charge in [0.15, 0.2) is 0 Å². The lowest BCUT2D eigenvalue weighted by atomic mass is 9.97. The first-order valence-corrected chi connectivity index (χ1v) is 7.07. The number of hydrogen-bond donors (Lipinski definition) is 2. The van der Waals surface area contributed by atoms with Gasteiger partial charge >= 0.3 is 0 Å². The van der Waals surface area contributed by atoms with E-state index in [1.165, 1.54) is 0 Å².